The van der Waals surface area contributed by atoms with Crippen LogP contribution in [0, 0.1) is 11.8 Å². The number of hydrogen-bond donors (Lipinski definition) is 1. The van der Waals surface area contributed by atoms with Crippen molar-refractivity contribution in [2.75, 3.05) is 13.2 Å². The summed E-state index contributed by atoms with van der Waals surface area (Å²) in [6.07, 6.45) is 9.67. The van der Waals surface area contributed by atoms with Crippen LogP contribution in [-0.2, 0) is 4.74 Å². The fourth-order valence-electron chi connectivity index (χ4n) is 1.73. The third kappa shape index (κ3) is 2.95. The summed E-state index contributed by atoms with van der Waals surface area (Å²) in [7, 11) is 0. The first-order valence-electron chi connectivity index (χ1n) is 5.49. The third-order valence-electron chi connectivity index (χ3n) is 2.75. The van der Waals surface area contributed by atoms with Gasteiger partial charge in [-0.05, 0) is 12.8 Å². The highest BCUT2D eigenvalue weighted by Gasteiger charge is 2.27. The van der Waals surface area contributed by atoms with Gasteiger partial charge in [0.25, 0.3) is 0 Å². The van der Waals surface area contributed by atoms with Crippen LogP contribution in [0.25, 0.3) is 0 Å². The van der Waals surface area contributed by atoms with Crippen molar-refractivity contribution in [3.63, 3.8) is 0 Å². The van der Waals surface area contributed by atoms with E-state index in [2.05, 4.69) is 24.0 Å². The summed E-state index contributed by atoms with van der Waals surface area (Å²) in [5, 5.41) is 10.1. The smallest absolute Gasteiger partial charge is 0.130 e. The van der Waals surface area contributed by atoms with E-state index in [1.165, 1.54) is 0 Å². The number of allylic oxidation sites excluding steroid dienone is 4. The Hall–Kier alpha value is -1.04. The van der Waals surface area contributed by atoms with E-state index in [9.17, 15) is 5.11 Å². The van der Waals surface area contributed by atoms with E-state index in [1.54, 1.807) is 0 Å². The molecule has 2 nitrogen and oxygen atoms in total. The summed E-state index contributed by atoms with van der Waals surface area (Å²) in [6.45, 7) is 1.22. The molecular weight excluding hydrogens is 188 g/mol. The average Bonchev–Trinajstić information content (AvgIpc) is 2.29. The van der Waals surface area contributed by atoms with Crippen molar-refractivity contribution in [3.05, 3.63) is 23.8 Å². The zero-order chi connectivity index (χ0) is 10.6. The Balaban J connectivity index is 2.03. The van der Waals surface area contributed by atoms with E-state index in [1.807, 2.05) is 6.08 Å². The Morgan fingerprint density at radius 3 is 2.73 bits per heavy atom. The highest BCUT2D eigenvalue weighted by molar-refractivity contribution is 5.41. The minimum atomic E-state index is -0.829. The van der Waals surface area contributed by atoms with Crippen molar-refractivity contribution in [2.45, 2.75) is 31.3 Å². The molecule has 1 heterocycles. The highest BCUT2D eigenvalue weighted by atomic mass is 16.5. The summed E-state index contributed by atoms with van der Waals surface area (Å²) in [4.78, 5) is 0. The molecule has 2 aliphatic rings. The van der Waals surface area contributed by atoms with E-state index < -0.39 is 5.60 Å². The Morgan fingerprint density at radius 2 is 2.07 bits per heavy atom. The Bertz CT molecular complexity index is 335. The molecule has 0 saturated carbocycles. The van der Waals surface area contributed by atoms with Gasteiger partial charge >= 0.3 is 0 Å². The molecule has 0 aromatic heterocycles. The number of aliphatic hydroxyl groups is 1. The SMILES string of the molecule is OC1(C#CC2=CCCC=C2)CCOCC1. The van der Waals surface area contributed by atoms with Crippen molar-refractivity contribution in [2.24, 2.45) is 0 Å². The Morgan fingerprint density at radius 1 is 1.27 bits per heavy atom. The molecule has 2 rings (SSSR count). The second kappa shape index (κ2) is 4.65. The monoisotopic (exact) mass is 204 g/mol. The molecule has 0 atom stereocenters. The Labute approximate surface area is 90.6 Å². The fraction of sp³-hybridized carbons (Fsp3) is 0.538. The molecular formula is C13H16O2. The molecule has 0 unspecified atom stereocenters. The maximum absolute atomic E-state index is 10.1. The minimum absolute atomic E-state index is 0.611. The quantitative estimate of drug-likeness (QED) is 0.610. The molecule has 0 spiro atoms. The zero-order valence-corrected chi connectivity index (χ0v) is 8.83. The van der Waals surface area contributed by atoms with Crippen LogP contribution in [0.1, 0.15) is 25.7 Å². The lowest BCUT2D eigenvalue weighted by Gasteiger charge is -2.26. The second-order valence-electron chi connectivity index (χ2n) is 4.03. The van der Waals surface area contributed by atoms with Crippen LogP contribution in [0.15, 0.2) is 23.8 Å². The molecule has 0 radical (unpaired) electrons. The van der Waals surface area contributed by atoms with Crippen LogP contribution in [0.5, 0.6) is 0 Å². The van der Waals surface area contributed by atoms with Gasteiger partial charge in [0.1, 0.15) is 5.60 Å². The first kappa shape index (κ1) is 10.5. The predicted molar refractivity (Wildman–Crippen MR) is 59.2 cm³/mol. The van der Waals surface area contributed by atoms with Crippen LogP contribution in [0.3, 0.4) is 0 Å². The average molecular weight is 204 g/mol. The molecule has 1 fully saturated rings. The van der Waals surface area contributed by atoms with Gasteiger partial charge in [0.05, 0.1) is 13.2 Å². The van der Waals surface area contributed by atoms with Gasteiger partial charge in [0.2, 0.25) is 0 Å². The molecule has 2 heteroatoms. The summed E-state index contributed by atoms with van der Waals surface area (Å²) in [5.41, 5.74) is 0.200. The maximum atomic E-state index is 10.1. The van der Waals surface area contributed by atoms with Crippen molar-refractivity contribution in [1.82, 2.24) is 0 Å². The standard InChI is InChI=1S/C13H16O2/c14-13(8-10-15-11-9-13)7-6-12-4-2-1-3-5-12/h2,4-5,14H,1,3,8-11H2. The molecule has 1 saturated heterocycles. The molecule has 15 heavy (non-hydrogen) atoms. The fourth-order valence-corrected chi connectivity index (χ4v) is 1.73. The summed E-state index contributed by atoms with van der Waals surface area (Å²) in [5.74, 6) is 6.02. The van der Waals surface area contributed by atoms with E-state index in [0.717, 1.165) is 18.4 Å². The van der Waals surface area contributed by atoms with Gasteiger partial charge in [0, 0.05) is 18.4 Å². The lowest BCUT2D eigenvalue weighted by molar-refractivity contribution is -0.0261. The van der Waals surface area contributed by atoms with Crippen molar-refractivity contribution < 1.29 is 9.84 Å². The van der Waals surface area contributed by atoms with Gasteiger partial charge in [0.15, 0.2) is 0 Å². The molecule has 0 aromatic carbocycles. The number of hydrogen-bond acceptors (Lipinski definition) is 2. The molecule has 1 N–H and O–H groups in total. The molecule has 1 aliphatic heterocycles. The normalized spacial score (nSPS) is 23.9. The van der Waals surface area contributed by atoms with Gasteiger partial charge in [-0.25, -0.2) is 0 Å². The molecule has 0 aromatic rings. The number of rotatable bonds is 0. The van der Waals surface area contributed by atoms with Crippen LogP contribution in [0.4, 0.5) is 0 Å². The van der Waals surface area contributed by atoms with Gasteiger partial charge < -0.3 is 9.84 Å². The second-order valence-corrected chi connectivity index (χ2v) is 4.03. The highest BCUT2D eigenvalue weighted by Crippen LogP contribution is 2.19. The largest absolute Gasteiger partial charge is 0.381 e. The van der Waals surface area contributed by atoms with Gasteiger partial charge in [-0.3, -0.25) is 0 Å². The summed E-state index contributed by atoms with van der Waals surface area (Å²) < 4.78 is 5.20. The first-order valence-corrected chi connectivity index (χ1v) is 5.49. The van der Waals surface area contributed by atoms with Crippen LogP contribution in [-0.4, -0.2) is 23.9 Å². The van der Waals surface area contributed by atoms with Crippen molar-refractivity contribution in [3.8, 4) is 11.8 Å². The maximum Gasteiger partial charge on any atom is 0.130 e. The van der Waals surface area contributed by atoms with Crippen LogP contribution in [0.2, 0.25) is 0 Å². The molecule has 1 aliphatic carbocycles. The van der Waals surface area contributed by atoms with E-state index in [-0.39, 0.29) is 0 Å². The lowest BCUT2D eigenvalue weighted by atomic mass is 9.94. The molecule has 0 bridgehead atoms. The van der Waals surface area contributed by atoms with Crippen LogP contribution < -0.4 is 0 Å². The first-order chi connectivity index (χ1) is 7.29. The summed E-state index contributed by atoms with van der Waals surface area (Å²) >= 11 is 0. The number of ether oxygens (including phenoxy) is 1. The van der Waals surface area contributed by atoms with E-state index in [0.29, 0.717) is 26.1 Å². The zero-order valence-electron chi connectivity index (χ0n) is 8.83. The lowest BCUT2D eigenvalue weighted by Crippen LogP contribution is -2.34. The molecule has 80 valence electrons. The summed E-state index contributed by atoms with van der Waals surface area (Å²) in [6, 6.07) is 0. The predicted octanol–water partition coefficient (Wildman–Crippen LogP) is 1.81. The third-order valence-corrected chi connectivity index (χ3v) is 2.75. The van der Waals surface area contributed by atoms with Gasteiger partial charge in [-0.2, -0.15) is 0 Å². The van der Waals surface area contributed by atoms with Crippen molar-refractivity contribution in [1.29, 1.82) is 0 Å². The van der Waals surface area contributed by atoms with Gasteiger partial charge in [-0.1, -0.05) is 30.1 Å². The molecule has 0 amide bonds. The minimum Gasteiger partial charge on any atom is -0.381 e. The Kier molecular flexibility index (Phi) is 3.25. The van der Waals surface area contributed by atoms with E-state index >= 15 is 0 Å². The van der Waals surface area contributed by atoms with Crippen molar-refractivity contribution >= 4 is 0 Å². The topological polar surface area (TPSA) is 29.5 Å². The van der Waals surface area contributed by atoms with Crippen LogP contribution >= 0.6 is 0 Å². The van der Waals surface area contributed by atoms with E-state index in [4.69, 9.17) is 4.74 Å². The van der Waals surface area contributed by atoms with Gasteiger partial charge in [-0.15, -0.1) is 0 Å².